The predicted octanol–water partition coefficient (Wildman–Crippen LogP) is 1.12. The van der Waals surface area contributed by atoms with Gasteiger partial charge in [0.15, 0.2) is 0 Å². The van der Waals surface area contributed by atoms with Crippen molar-refractivity contribution in [3.05, 3.63) is 0 Å². The molecule has 1 saturated heterocycles. The summed E-state index contributed by atoms with van der Waals surface area (Å²) in [6, 6.07) is 0.988. The van der Waals surface area contributed by atoms with Crippen LogP contribution >= 0.6 is 0 Å². The molecule has 0 spiro atoms. The summed E-state index contributed by atoms with van der Waals surface area (Å²) < 4.78 is 5.47. The Morgan fingerprint density at radius 3 is 3.00 bits per heavy atom. The highest BCUT2D eigenvalue weighted by Crippen LogP contribution is 2.42. The SMILES string of the molecule is CC(C[SiH2][O])C1CCC2OC2C1. The van der Waals surface area contributed by atoms with E-state index in [1.165, 1.54) is 19.3 Å². The molecule has 1 heterocycles. The molecule has 2 nitrogen and oxygen atoms in total. The molecule has 2 rings (SSSR count). The molecular weight excluding hydrogens is 168 g/mol. The number of fused-ring (bicyclic) bond motifs is 1. The first-order valence-electron chi connectivity index (χ1n) is 5.05. The maximum atomic E-state index is 10.6. The van der Waals surface area contributed by atoms with E-state index in [-0.39, 0.29) is 0 Å². The lowest BCUT2D eigenvalue weighted by molar-refractivity contribution is 0.290. The van der Waals surface area contributed by atoms with E-state index in [1.807, 2.05) is 0 Å². The summed E-state index contributed by atoms with van der Waals surface area (Å²) in [5, 5.41) is 0. The van der Waals surface area contributed by atoms with Crippen LogP contribution in [0.4, 0.5) is 0 Å². The Kier molecular flexibility index (Phi) is 2.53. The number of hydrogen-bond acceptors (Lipinski definition) is 1. The first-order chi connectivity index (χ1) is 5.81. The number of epoxide rings is 1. The fourth-order valence-electron chi connectivity index (χ4n) is 2.37. The number of hydrogen-bond donors (Lipinski definition) is 0. The highest BCUT2D eigenvalue weighted by molar-refractivity contribution is 6.24. The van der Waals surface area contributed by atoms with Gasteiger partial charge in [0, 0.05) is 0 Å². The van der Waals surface area contributed by atoms with Gasteiger partial charge in [-0.25, -0.2) is 0 Å². The summed E-state index contributed by atoms with van der Waals surface area (Å²) >= 11 is 0. The quantitative estimate of drug-likeness (QED) is 0.479. The summed E-state index contributed by atoms with van der Waals surface area (Å²) in [5.41, 5.74) is 0. The van der Waals surface area contributed by atoms with Crippen molar-refractivity contribution in [3.63, 3.8) is 0 Å². The molecule has 3 heteroatoms. The van der Waals surface area contributed by atoms with Crippen LogP contribution in [0.3, 0.4) is 0 Å². The van der Waals surface area contributed by atoms with Gasteiger partial charge in [-0.3, -0.25) is 0 Å². The van der Waals surface area contributed by atoms with Crippen molar-refractivity contribution in [2.24, 2.45) is 11.8 Å². The lowest BCUT2D eigenvalue weighted by Gasteiger charge is -2.24. The molecule has 1 aliphatic carbocycles. The average Bonchev–Trinajstić information content (AvgIpc) is 2.81. The molecule has 0 aromatic carbocycles. The summed E-state index contributed by atoms with van der Waals surface area (Å²) in [6.45, 7) is 2.25. The van der Waals surface area contributed by atoms with Gasteiger partial charge < -0.3 is 9.53 Å². The predicted molar refractivity (Wildman–Crippen MR) is 49.2 cm³/mol. The molecule has 2 fully saturated rings. The second-order valence-electron chi connectivity index (χ2n) is 4.26. The van der Waals surface area contributed by atoms with E-state index >= 15 is 0 Å². The van der Waals surface area contributed by atoms with E-state index in [0.29, 0.717) is 18.1 Å². The molecule has 1 aliphatic heterocycles. The Morgan fingerprint density at radius 2 is 2.33 bits per heavy atom. The molecule has 69 valence electrons. The Bertz CT molecular complexity index is 163. The minimum atomic E-state index is -0.973. The molecule has 4 atom stereocenters. The first-order valence-corrected chi connectivity index (χ1v) is 6.62. The lowest BCUT2D eigenvalue weighted by atomic mass is 9.82. The molecule has 4 unspecified atom stereocenters. The monoisotopic (exact) mass is 185 g/mol. The fourth-order valence-corrected chi connectivity index (χ4v) is 3.22. The molecule has 12 heavy (non-hydrogen) atoms. The third-order valence-corrected chi connectivity index (χ3v) is 4.57. The van der Waals surface area contributed by atoms with Crippen LogP contribution in [0.25, 0.3) is 0 Å². The van der Waals surface area contributed by atoms with Crippen LogP contribution in [0, 0.1) is 11.8 Å². The van der Waals surface area contributed by atoms with Crippen LogP contribution in [0.15, 0.2) is 0 Å². The molecular formula is C9H17O2Si. The van der Waals surface area contributed by atoms with E-state index in [9.17, 15) is 4.80 Å². The van der Waals surface area contributed by atoms with Crippen molar-refractivity contribution in [2.75, 3.05) is 0 Å². The van der Waals surface area contributed by atoms with Crippen molar-refractivity contribution in [3.8, 4) is 0 Å². The lowest BCUT2D eigenvalue weighted by Crippen LogP contribution is -2.20. The van der Waals surface area contributed by atoms with E-state index in [0.717, 1.165) is 12.0 Å². The van der Waals surface area contributed by atoms with Gasteiger partial charge in [0.2, 0.25) is 9.76 Å². The van der Waals surface area contributed by atoms with Crippen molar-refractivity contribution >= 4 is 9.76 Å². The van der Waals surface area contributed by atoms with E-state index < -0.39 is 9.76 Å². The van der Waals surface area contributed by atoms with Gasteiger partial charge in [0.25, 0.3) is 0 Å². The minimum Gasteiger partial charge on any atom is -0.370 e. The Balaban J connectivity index is 1.79. The normalized spacial score (nSPS) is 43.0. The Morgan fingerprint density at radius 1 is 1.50 bits per heavy atom. The van der Waals surface area contributed by atoms with Gasteiger partial charge in [0.1, 0.15) is 0 Å². The van der Waals surface area contributed by atoms with Crippen LogP contribution in [-0.4, -0.2) is 22.0 Å². The third kappa shape index (κ3) is 1.73. The Hall–Kier alpha value is 0.137. The smallest absolute Gasteiger partial charge is 0.207 e. The maximum Gasteiger partial charge on any atom is 0.207 e. The zero-order valence-electron chi connectivity index (χ0n) is 7.66. The summed E-state index contributed by atoms with van der Waals surface area (Å²) in [7, 11) is -0.973. The summed E-state index contributed by atoms with van der Waals surface area (Å²) in [5.74, 6) is 1.48. The van der Waals surface area contributed by atoms with E-state index in [1.54, 1.807) is 0 Å². The van der Waals surface area contributed by atoms with Gasteiger partial charge in [-0.15, -0.1) is 0 Å². The standard InChI is InChI=1S/C9H17O2Si/c1-6(5-12-10)7-2-3-8-9(4-7)11-8/h6-9H,2-5,12H2,1H3. The zero-order chi connectivity index (χ0) is 8.55. The molecule has 0 aromatic heterocycles. The molecule has 1 saturated carbocycles. The third-order valence-electron chi connectivity index (χ3n) is 3.42. The number of rotatable bonds is 3. The fraction of sp³-hybridized carbons (Fsp3) is 1.00. The van der Waals surface area contributed by atoms with Crippen LogP contribution in [0.5, 0.6) is 0 Å². The van der Waals surface area contributed by atoms with Gasteiger partial charge in [-0.1, -0.05) is 6.92 Å². The highest BCUT2D eigenvalue weighted by Gasteiger charge is 2.44. The average molecular weight is 185 g/mol. The molecule has 1 radical (unpaired) electrons. The second-order valence-corrected chi connectivity index (χ2v) is 5.24. The van der Waals surface area contributed by atoms with Crippen LogP contribution in [0.2, 0.25) is 6.04 Å². The molecule has 0 amide bonds. The van der Waals surface area contributed by atoms with Crippen molar-refractivity contribution in [2.45, 2.75) is 44.4 Å². The summed E-state index contributed by atoms with van der Waals surface area (Å²) in [4.78, 5) is 10.6. The number of ether oxygens (including phenoxy) is 1. The van der Waals surface area contributed by atoms with E-state index in [2.05, 4.69) is 6.92 Å². The topological polar surface area (TPSA) is 32.4 Å². The Labute approximate surface area is 76.3 Å². The molecule has 0 N–H and O–H groups in total. The van der Waals surface area contributed by atoms with Gasteiger partial charge >= 0.3 is 0 Å². The zero-order valence-corrected chi connectivity index (χ0v) is 9.08. The molecule has 2 aliphatic rings. The van der Waals surface area contributed by atoms with Crippen LogP contribution in [0.1, 0.15) is 26.2 Å². The van der Waals surface area contributed by atoms with Crippen molar-refractivity contribution < 1.29 is 9.53 Å². The van der Waals surface area contributed by atoms with Crippen molar-refractivity contribution in [1.82, 2.24) is 0 Å². The van der Waals surface area contributed by atoms with Gasteiger partial charge in [0.05, 0.1) is 12.2 Å². The van der Waals surface area contributed by atoms with Gasteiger partial charge in [-0.05, 0) is 37.1 Å². The molecule has 0 bridgehead atoms. The second kappa shape index (κ2) is 3.48. The molecule has 0 aromatic rings. The first kappa shape index (κ1) is 8.72. The maximum absolute atomic E-state index is 10.6. The largest absolute Gasteiger partial charge is 0.370 e. The van der Waals surface area contributed by atoms with E-state index in [4.69, 9.17) is 4.74 Å². The van der Waals surface area contributed by atoms with Crippen LogP contribution < -0.4 is 0 Å². The van der Waals surface area contributed by atoms with Gasteiger partial charge in [-0.2, -0.15) is 0 Å². The minimum absolute atomic E-state index is 0.583. The van der Waals surface area contributed by atoms with Crippen molar-refractivity contribution in [1.29, 1.82) is 0 Å². The summed E-state index contributed by atoms with van der Waals surface area (Å²) in [6.07, 6.45) is 4.98. The highest BCUT2D eigenvalue weighted by atomic mass is 28.2. The van der Waals surface area contributed by atoms with Crippen LogP contribution in [-0.2, 0) is 9.53 Å².